The number of carbonyl (C=O) groups excluding carboxylic acids is 2. The van der Waals surface area contributed by atoms with Gasteiger partial charge in [-0.05, 0) is 51.9 Å². The minimum Gasteiger partial charge on any atom is -0.469 e. The highest BCUT2D eigenvalue weighted by molar-refractivity contribution is 6.14. The van der Waals surface area contributed by atoms with Crippen molar-refractivity contribution in [2.75, 3.05) is 7.11 Å². The van der Waals surface area contributed by atoms with Gasteiger partial charge in [0, 0.05) is 0 Å². The Morgan fingerprint density at radius 3 is 2.20 bits per heavy atom. The molecule has 4 heteroatoms. The van der Waals surface area contributed by atoms with Gasteiger partial charge < -0.3 is 9.47 Å². The Bertz CT molecular complexity index is 1110. The predicted octanol–water partition coefficient (Wildman–Crippen LogP) is 5.08. The zero-order valence-corrected chi connectivity index (χ0v) is 17.4. The van der Waals surface area contributed by atoms with Gasteiger partial charge in [0.25, 0.3) is 0 Å². The smallest absolute Gasteiger partial charge is 0.318 e. The maximum atomic E-state index is 13.6. The maximum Gasteiger partial charge on any atom is 0.318 e. The number of unbranched alkanes of at least 4 members (excludes halogenated alkanes) is 2. The zero-order valence-electron chi connectivity index (χ0n) is 17.4. The van der Waals surface area contributed by atoms with Crippen LogP contribution in [0.4, 0.5) is 0 Å². The lowest BCUT2D eigenvalue weighted by molar-refractivity contribution is -0.149. The van der Waals surface area contributed by atoms with Crippen LogP contribution in [0.5, 0.6) is 0 Å². The molecule has 3 aromatic rings. The van der Waals surface area contributed by atoms with Gasteiger partial charge in [-0.25, -0.2) is 0 Å². The number of benzene rings is 3. The fourth-order valence-corrected chi connectivity index (χ4v) is 5.75. The summed E-state index contributed by atoms with van der Waals surface area (Å²) in [5.74, 6) is -1.26. The fraction of sp³-hybridized carbons (Fsp3) is 0.385. The first-order valence-corrected chi connectivity index (χ1v) is 10.8. The Kier molecular flexibility index (Phi) is 4.53. The molecule has 2 bridgehead atoms. The Labute approximate surface area is 176 Å². The largest absolute Gasteiger partial charge is 0.469 e. The van der Waals surface area contributed by atoms with E-state index in [2.05, 4.69) is 31.2 Å². The highest BCUT2D eigenvalue weighted by Gasteiger charge is 2.64. The van der Waals surface area contributed by atoms with Crippen molar-refractivity contribution in [3.63, 3.8) is 0 Å². The molecule has 1 saturated heterocycles. The zero-order chi connectivity index (χ0) is 20.9. The van der Waals surface area contributed by atoms with E-state index in [0.29, 0.717) is 12.8 Å². The number of cyclic esters (lactones) is 1. The van der Waals surface area contributed by atoms with Gasteiger partial charge in [-0.15, -0.1) is 0 Å². The maximum absolute atomic E-state index is 13.6. The van der Waals surface area contributed by atoms with Crippen LogP contribution in [0.3, 0.4) is 0 Å². The molecule has 0 unspecified atom stereocenters. The second kappa shape index (κ2) is 7.12. The fourth-order valence-electron chi connectivity index (χ4n) is 5.75. The normalized spacial score (nSPS) is 24.7. The van der Waals surface area contributed by atoms with Crippen molar-refractivity contribution in [3.05, 3.63) is 59.7 Å². The van der Waals surface area contributed by atoms with Crippen molar-refractivity contribution in [3.8, 4) is 0 Å². The molecule has 154 valence electrons. The molecule has 3 aromatic carbocycles. The van der Waals surface area contributed by atoms with E-state index in [-0.39, 0.29) is 11.9 Å². The van der Waals surface area contributed by atoms with Gasteiger partial charge in [0.1, 0.15) is 17.4 Å². The number of hydrogen-bond donors (Lipinski definition) is 0. The Balaban J connectivity index is 1.78. The average molecular weight is 402 g/mol. The molecule has 30 heavy (non-hydrogen) atoms. The third kappa shape index (κ3) is 2.46. The van der Waals surface area contributed by atoms with Crippen molar-refractivity contribution in [1.29, 1.82) is 0 Å². The van der Waals surface area contributed by atoms with Crippen LogP contribution in [0.2, 0.25) is 0 Å². The molecule has 6 rings (SSSR count). The monoisotopic (exact) mass is 402 g/mol. The van der Waals surface area contributed by atoms with Gasteiger partial charge in [0.2, 0.25) is 0 Å². The molecule has 1 aliphatic heterocycles. The number of esters is 2. The predicted molar refractivity (Wildman–Crippen MR) is 116 cm³/mol. The van der Waals surface area contributed by atoms with Crippen LogP contribution >= 0.6 is 0 Å². The number of methoxy groups -OCH3 is 1. The van der Waals surface area contributed by atoms with Crippen molar-refractivity contribution in [1.82, 2.24) is 0 Å². The molecule has 1 spiro atoms. The van der Waals surface area contributed by atoms with Crippen LogP contribution in [0.25, 0.3) is 21.5 Å². The van der Waals surface area contributed by atoms with E-state index in [1.165, 1.54) is 7.11 Å². The number of carbonyl (C=O) groups is 2. The van der Waals surface area contributed by atoms with E-state index < -0.39 is 17.4 Å². The van der Waals surface area contributed by atoms with Gasteiger partial charge in [0.15, 0.2) is 0 Å². The van der Waals surface area contributed by atoms with E-state index in [4.69, 9.17) is 9.47 Å². The molecule has 0 saturated carbocycles. The number of hydrogen-bond acceptors (Lipinski definition) is 4. The Morgan fingerprint density at radius 2 is 1.63 bits per heavy atom. The van der Waals surface area contributed by atoms with E-state index >= 15 is 0 Å². The quantitative estimate of drug-likeness (QED) is 0.339. The van der Waals surface area contributed by atoms with Crippen molar-refractivity contribution in [2.24, 2.45) is 5.92 Å². The third-order valence-electron chi connectivity index (χ3n) is 7.02. The molecule has 3 atom stereocenters. The van der Waals surface area contributed by atoms with Gasteiger partial charge in [-0.2, -0.15) is 0 Å². The van der Waals surface area contributed by atoms with Gasteiger partial charge in [-0.3, -0.25) is 9.59 Å². The summed E-state index contributed by atoms with van der Waals surface area (Å²) >= 11 is 0. The molecule has 0 radical (unpaired) electrons. The standard InChI is InChI=1S/C26H26O4/c1-3-4-5-14-21-23(24(27)29-2)26(25(28)30-21)15-20-16-10-6-8-12-18(16)22(26)19-13-9-7-11-17(19)20/h6-13,21,23H,3-5,14-15H2,1-2H3/t21-,23-,26+/m1/s1. The lowest BCUT2D eigenvalue weighted by atomic mass is 9.59. The van der Waals surface area contributed by atoms with Crippen LogP contribution < -0.4 is 0 Å². The average Bonchev–Trinajstić information content (AvgIpc) is 3.04. The molecule has 0 amide bonds. The first-order chi connectivity index (χ1) is 14.6. The topological polar surface area (TPSA) is 52.6 Å². The highest BCUT2D eigenvalue weighted by Crippen LogP contribution is 2.56. The third-order valence-corrected chi connectivity index (χ3v) is 7.02. The molecule has 1 fully saturated rings. The summed E-state index contributed by atoms with van der Waals surface area (Å²) in [5.41, 5.74) is 1.04. The first-order valence-electron chi connectivity index (χ1n) is 10.8. The van der Waals surface area contributed by atoms with E-state index in [1.54, 1.807) is 0 Å². The minimum atomic E-state index is -1.01. The van der Waals surface area contributed by atoms with E-state index in [9.17, 15) is 9.59 Å². The molecule has 0 N–H and O–H groups in total. The molecule has 1 heterocycles. The first kappa shape index (κ1) is 19.1. The SMILES string of the molecule is CCCCC[C@H]1OC(=O)[C@]2(Cc3c4ccccc4c2c2ccccc32)[C@H]1C(=O)OC. The molecule has 2 aliphatic carbocycles. The van der Waals surface area contributed by atoms with Gasteiger partial charge in [0.05, 0.1) is 7.11 Å². The minimum absolute atomic E-state index is 0.282. The number of rotatable bonds is 5. The van der Waals surface area contributed by atoms with Crippen molar-refractivity contribution < 1.29 is 19.1 Å². The molecule has 4 nitrogen and oxygen atoms in total. The summed E-state index contributed by atoms with van der Waals surface area (Å²) in [6.07, 6.45) is 3.78. The lowest BCUT2D eigenvalue weighted by Crippen LogP contribution is -2.48. The second-order valence-corrected chi connectivity index (χ2v) is 8.53. The molecular weight excluding hydrogens is 376 g/mol. The van der Waals surface area contributed by atoms with Crippen molar-refractivity contribution >= 4 is 33.5 Å². The van der Waals surface area contributed by atoms with Crippen LogP contribution in [-0.2, 0) is 30.9 Å². The van der Waals surface area contributed by atoms with Crippen LogP contribution in [-0.4, -0.2) is 25.2 Å². The summed E-state index contributed by atoms with van der Waals surface area (Å²) in [5, 5.41) is 4.39. The second-order valence-electron chi connectivity index (χ2n) is 8.53. The summed E-state index contributed by atoms with van der Waals surface area (Å²) < 4.78 is 11.2. The van der Waals surface area contributed by atoms with Gasteiger partial charge in [-0.1, -0.05) is 68.3 Å². The van der Waals surface area contributed by atoms with Crippen molar-refractivity contribution in [2.45, 2.75) is 50.5 Å². The lowest BCUT2D eigenvalue weighted by Gasteiger charge is -2.39. The van der Waals surface area contributed by atoms with E-state index in [1.807, 2.05) is 24.3 Å². The molecule has 0 aromatic heterocycles. The Morgan fingerprint density at radius 1 is 1.03 bits per heavy atom. The summed E-state index contributed by atoms with van der Waals surface area (Å²) in [4.78, 5) is 26.7. The van der Waals surface area contributed by atoms with E-state index in [0.717, 1.165) is 51.9 Å². The summed E-state index contributed by atoms with van der Waals surface area (Å²) in [7, 11) is 1.41. The van der Waals surface area contributed by atoms with Gasteiger partial charge >= 0.3 is 11.9 Å². The molecular formula is C26H26O4. The van der Waals surface area contributed by atoms with Crippen LogP contribution in [0, 0.1) is 5.92 Å². The summed E-state index contributed by atoms with van der Waals surface area (Å²) in [6, 6.07) is 16.4. The summed E-state index contributed by atoms with van der Waals surface area (Å²) in [6.45, 7) is 2.14. The van der Waals surface area contributed by atoms with Crippen LogP contribution in [0.1, 0.15) is 43.7 Å². The highest BCUT2D eigenvalue weighted by atomic mass is 16.6. The molecule has 3 aliphatic rings. The van der Waals surface area contributed by atoms with Crippen LogP contribution in [0.15, 0.2) is 48.5 Å². The number of ether oxygens (including phenoxy) is 2. The Hall–Kier alpha value is -2.88.